The standard InChI is InChI=1S/C11H14N2OS/c1-8-3-5-15-11(8)10(13-12)6-9-2-4-14-7-9/h2-5,7,10,13H,6,12H2,1H3. The van der Waals surface area contributed by atoms with Crippen LogP contribution >= 0.6 is 11.3 Å². The Balaban J connectivity index is 2.15. The molecule has 0 aromatic carbocycles. The largest absolute Gasteiger partial charge is 0.472 e. The summed E-state index contributed by atoms with van der Waals surface area (Å²) >= 11 is 1.73. The zero-order valence-corrected chi connectivity index (χ0v) is 9.38. The van der Waals surface area contributed by atoms with Gasteiger partial charge in [-0.05, 0) is 42.0 Å². The Morgan fingerprint density at radius 2 is 2.40 bits per heavy atom. The third-order valence-corrected chi connectivity index (χ3v) is 3.57. The molecule has 0 fully saturated rings. The van der Waals surface area contributed by atoms with Crippen LogP contribution in [-0.4, -0.2) is 0 Å². The van der Waals surface area contributed by atoms with Crippen molar-refractivity contribution >= 4 is 11.3 Å². The quantitative estimate of drug-likeness (QED) is 0.617. The van der Waals surface area contributed by atoms with E-state index < -0.39 is 0 Å². The lowest BCUT2D eigenvalue weighted by Gasteiger charge is -2.14. The molecule has 0 saturated heterocycles. The van der Waals surface area contributed by atoms with Crippen LogP contribution in [0.1, 0.15) is 22.0 Å². The topological polar surface area (TPSA) is 51.2 Å². The Hall–Kier alpha value is -1.10. The molecule has 0 aliphatic heterocycles. The highest BCUT2D eigenvalue weighted by molar-refractivity contribution is 7.10. The summed E-state index contributed by atoms with van der Waals surface area (Å²) in [5.74, 6) is 5.58. The van der Waals surface area contributed by atoms with Gasteiger partial charge in [-0.2, -0.15) is 0 Å². The molecule has 1 atom stereocenters. The Morgan fingerprint density at radius 3 is 2.93 bits per heavy atom. The van der Waals surface area contributed by atoms with Crippen LogP contribution in [0.25, 0.3) is 0 Å². The monoisotopic (exact) mass is 222 g/mol. The Labute approximate surface area is 92.9 Å². The highest BCUT2D eigenvalue weighted by Crippen LogP contribution is 2.26. The van der Waals surface area contributed by atoms with Gasteiger partial charge in [0.2, 0.25) is 0 Å². The lowest BCUT2D eigenvalue weighted by molar-refractivity contribution is 0.539. The van der Waals surface area contributed by atoms with Crippen molar-refractivity contribution in [1.82, 2.24) is 5.43 Å². The zero-order chi connectivity index (χ0) is 10.7. The molecular formula is C11H14N2OS. The molecule has 2 heterocycles. The van der Waals surface area contributed by atoms with E-state index in [4.69, 9.17) is 10.3 Å². The van der Waals surface area contributed by atoms with E-state index in [1.165, 1.54) is 10.4 Å². The average Bonchev–Trinajstić information content (AvgIpc) is 2.85. The van der Waals surface area contributed by atoms with Crippen LogP contribution in [0.2, 0.25) is 0 Å². The molecule has 2 aromatic heterocycles. The van der Waals surface area contributed by atoms with Crippen LogP contribution in [0.3, 0.4) is 0 Å². The second-order valence-electron chi connectivity index (χ2n) is 3.52. The first-order valence-electron chi connectivity index (χ1n) is 4.82. The average molecular weight is 222 g/mol. The Kier molecular flexibility index (Phi) is 3.20. The molecule has 0 aliphatic rings. The fourth-order valence-electron chi connectivity index (χ4n) is 1.61. The van der Waals surface area contributed by atoms with Crippen LogP contribution in [0, 0.1) is 6.92 Å². The summed E-state index contributed by atoms with van der Waals surface area (Å²) in [7, 11) is 0. The first-order valence-corrected chi connectivity index (χ1v) is 5.70. The van der Waals surface area contributed by atoms with E-state index in [0.29, 0.717) is 0 Å². The molecule has 80 valence electrons. The molecular weight excluding hydrogens is 208 g/mol. The van der Waals surface area contributed by atoms with Gasteiger partial charge in [0.15, 0.2) is 0 Å². The molecule has 3 N–H and O–H groups in total. The maximum Gasteiger partial charge on any atom is 0.0935 e. The van der Waals surface area contributed by atoms with Crippen molar-refractivity contribution < 1.29 is 4.42 Å². The highest BCUT2D eigenvalue weighted by Gasteiger charge is 2.14. The molecule has 4 heteroatoms. The van der Waals surface area contributed by atoms with Crippen molar-refractivity contribution in [3.8, 4) is 0 Å². The maximum absolute atomic E-state index is 5.58. The molecule has 1 unspecified atom stereocenters. The fraction of sp³-hybridized carbons (Fsp3) is 0.273. The summed E-state index contributed by atoms with van der Waals surface area (Å²) in [6, 6.07) is 4.25. The van der Waals surface area contributed by atoms with Crippen molar-refractivity contribution in [2.45, 2.75) is 19.4 Å². The Bertz CT molecular complexity index is 408. The van der Waals surface area contributed by atoms with Crippen molar-refractivity contribution in [3.05, 3.63) is 46.0 Å². The van der Waals surface area contributed by atoms with Crippen molar-refractivity contribution in [1.29, 1.82) is 0 Å². The normalized spacial score (nSPS) is 12.9. The molecule has 15 heavy (non-hydrogen) atoms. The van der Waals surface area contributed by atoms with Crippen molar-refractivity contribution in [3.63, 3.8) is 0 Å². The number of aryl methyl sites for hydroxylation is 1. The van der Waals surface area contributed by atoms with E-state index in [0.717, 1.165) is 12.0 Å². The zero-order valence-electron chi connectivity index (χ0n) is 8.57. The van der Waals surface area contributed by atoms with Gasteiger partial charge in [0.25, 0.3) is 0 Å². The van der Waals surface area contributed by atoms with Crippen molar-refractivity contribution in [2.24, 2.45) is 5.84 Å². The fourth-order valence-corrected chi connectivity index (χ4v) is 2.60. The van der Waals surface area contributed by atoms with Gasteiger partial charge < -0.3 is 4.42 Å². The van der Waals surface area contributed by atoms with E-state index in [-0.39, 0.29) is 6.04 Å². The Morgan fingerprint density at radius 1 is 1.53 bits per heavy atom. The summed E-state index contributed by atoms with van der Waals surface area (Å²) in [5.41, 5.74) is 5.29. The van der Waals surface area contributed by atoms with Crippen molar-refractivity contribution in [2.75, 3.05) is 0 Å². The third kappa shape index (κ3) is 2.28. The molecule has 0 spiro atoms. The van der Waals surface area contributed by atoms with Crippen LogP contribution in [0.5, 0.6) is 0 Å². The van der Waals surface area contributed by atoms with Gasteiger partial charge in [-0.15, -0.1) is 11.3 Å². The van der Waals surface area contributed by atoms with Gasteiger partial charge in [-0.1, -0.05) is 0 Å². The van der Waals surface area contributed by atoms with Gasteiger partial charge in [0.05, 0.1) is 18.6 Å². The minimum atomic E-state index is 0.169. The van der Waals surface area contributed by atoms with Gasteiger partial charge in [0.1, 0.15) is 0 Å². The lowest BCUT2D eigenvalue weighted by Crippen LogP contribution is -2.29. The second kappa shape index (κ2) is 4.61. The number of furan rings is 1. The summed E-state index contributed by atoms with van der Waals surface area (Å²) in [5, 5.41) is 2.09. The van der Waals surface area contributed by atoms with Crippen LogP contribution < -0.4 is 11.3 Å². The minimum absolute atomic E-state index is 0.169. The lowest BCUT2D eigenvalue weighted by atomic mass is 10.1. The van der Waals surface area contributed by atoms with E-state index >= 15 is 0 Å². The molecule has 0 radical (unpaired) electrons. The maximum atomic E-state index is 5.58. The van der Waals surface area contributed by atoms with Crippen LogP contribution in [0.4, 0.5) is 0 Å². The van der Waals surface area contributed by atoms with E-state index in [1.54, 1.807) is 23.9 Å². The molecule has 2 rings (SSSR count). The first-order chi connectivity index (χ1) is 7.31. The number of nitrogens with two attached hydrogens (primary N) is 1. The minimum Gasteiger partial charge on any atom is -0.472 e. The number of hydrazine groups is 1. The third-order valence-electron chi connectivity index (χ3n) is 2.44. The summed E-state index contributed by atoms with van der Waals surface area (Å²) in [4.78, 5) is 1.29. The number of hydrogen-bond donors (Lipinski definition) is 2. The van der Waals surface area contributed by atoms with Gasteiger partial charge in [-0.3, -0.25) is 11.3 Å². The SMILES string of the molecule is Cc1ccsc1C(Cc1ccoc1)NN. The molecule has 2 aromatic rings. The number of rotatable bonds is 4. The highest BCUT2D eigenvalue weighted by atomic mass is 32.1. The molecule has 0 bridgehead atoms. The summed E-state index contributed by atoms with van der Waals surface area (Å²) < 4.78 is 5.04. The summed E-state index contributed by atoms with van der Waals surface area (Å²) in [6.07, 6.45) is 4.30. The van der Waals surface area contributed by atoms with E-state index in [9.17, 15) is 0 Å². The smallest absolute Gasteiger partial charge is 0.0935 e. The first kappa shape index (κ1) is 10.4. The predicted octanol–water partition coefficient (Wildman–Crippen LogP) is 2.40. The molecule has 0 amide bonds. The molecule has 3 nitrogen and oxygen atoms in total. The van der Waals surface area contributed by atoms with Gasteiger partial charge in [0, 0.05) is 4.88 Å². The molecule has 0 saturated carbocycles. The van der Waals surface area contributed by atoms with E-state index in [2.05, 4.69) is 23.8 Å². The number of thiophene rings is 1. The van der Waals surface area contributed by atoms with Crippen LogP contribution in [-0.2, 0) is 6.42 Å². The summed E-state index contributed by atoms with van der Waals surface area (Å²) in [6.45, 7) is 2.10. The second-order valence-corrected chi connectivity index (χ2v) is 4.47. The van der Waals surface area contributed by atoms with E-state index in [1.807, 2.05) is 6.07 Å². The van der Waals surface area contributed by atoms with Gasteiger partial charge in [-0.25, -0.2) is 0 Å². The van der Waals surface area contributed by atoms with Crippen LogP contribution in [0.15, 0.2) is 34.5 Å². The number of hydrogen-bond acceptors (Lipinski definition) is 4. The molecule has 0 aliphatic carbocycles. The van der Waals surface area contributed by atoms with Gasteiger partial charge >= 0.3 is 0 Å². The number of nitrogens with one attached hydrogen (secondary N) is 1. The predicted molar refractivity (Wildman–Crippen MR) is 61.5 cm³/mol.